The second-order valence-electron chi connectivity index (χ2n) is 6.67. The van der Waals surface area contributed by atoms with Crippen LogP contribution >= 0.6 is 34.9 Å². The van der Waals surface area contributed by atoms with Crippen LogP contribution in [0.1, 0.15) is 36.5 Å². The number of para-hydroxylation sites is 1. The fourth-order valence-corrected chi connectivity index (χ4v) is 5.26. The first-order valence-electron chi connectivity index (χ1n) is 9.04. The Kier molecular flexibility index (Phi) is 7.53. The van der Waals surface area contributed by atoms with E-state index in [1.807, 2.05) is 31.2 Å². The molecule has 7 heteroatoms. The fourth-order valence-electron chi connectivity index (χ4n) is 2.48. The SMILES string of the molecule is Cc1ccccc1NC(=O)CSc1nnc(SCc2ccc(C(C)C)cc2)s1. The molecule has 0 aliphatic heterocycles. The Morgan fingerprint density at radius 3 is 2.39 bits per heavy atom. The number of thioether (sulfide) groups is 2. The first kappa shape index (κ1) is 20.9. The lowest BCUT2D eigenvalue weighted by atomic mass is 10.0. The van der Waals surface area contributed by atoms with Crippen molar-refractivity contribution in [3.63, 3.8) is 0 Å². The quantitative estimate of drug-likeness (QED) is 0.446. The maximum atomic E-state index is 12.2. The van der Waals surface area contributed by atoms with Gasteiger partial charge in [0.05, 0.1) is 5.75 Å². The standard InChI is InChI=1S/C21H23N3OS3/c1-14(2)17-10-8-16(9-11-17)12-26-20-23-24-21(28-20)27-13-19(25)22-18-7-5-4-6-15(18)3/h4-11,14H,12-13H2,1-3H3,(H,22,25). The van der Waals surface area contributed by atoms with Gasteiger partial charge in [0, 0.05) is 11.4 Å². The van der Waals surface area contributed by atoms with E-state index in [1.165, 1.54) is 34.2 Å². The molecule has 0 saturated heterocycles. The summed E-state index contributed by atoms with van der Waals surface area (Å²) in [5.74, 6) is 1.71. The van der Waals surface area contributed by atoms with Crippen molar-refractivity contribution in [2.24, 2.45) is 0 Å². The Hall–Kier alpha value is -1.83. The Morgan fingerprint density at radius 2 is 1.71 bits per heavy atom. The number of nitrogens with one attached hydrogen (secondary N) is 1. The summed E-state index contributed by atoms with van der Waals surface area (Å²) in [7, 11) is 0. The molecule has 0 unspecified atom stereocenters. The highest BCUT2D eigenvalue weighted by molar-refractivity contribution is 8.03. The molecule has 1 heterocycles. The van der Waals surface area contributed by atoms with E-state index in [-0.39, 0.29) is 5.91 Å². The number of aromatic nitrogens is 2. The van der Waals surface area contributed by atoms with Gasteiger partial charge in [0.2, 0.25) is 5.91 Å². The number of hydrogen-bond donors (Lipinski definition) is 1. The van der Waals surface area contributed by atoms with Crippen LogP contribution in [0.15, 0.2) is 57.2 Å². The minimum Gasteiger partial charge on any atom is -0.325 e. The average molecular weight is 430 g/mol. The molecule has 0 spiro atoms. The third kappa shape index (κ3) is 6.09. The van der Waals surface area contributed by atoms with Crippen molar-refractivity contribution in [2.75, 3.05) is 11.1 Å². The fraction of sp³-hybridized carbons (Fsp3) is 0.286. The molecule has 3 aromatic rings. The van der Waals surface area contributed by atoms with E-state index in [9.17, 15) is 4.79 Å². The number of nitrogens with zero attached hydrogens (tertiary/aromatic N) is 2. The molecule has 28 heavy (non-hydrogen) atoms. The lowest BCUT2D eigenvalue weighted by Gasteiger charge is -2.06. The zero-order chi connectivity index (χ0) is 19.9. The minimum atomic E-state index is -0.0334. The summed E-state index contributed by atoms with van der Waals surface area (Å²) in [4.78, 5) is 12.2. The van der Waals surface area contributed by atoms with E-state index < -0.39 is 0 Å². The number of hydrogen-bond acceptors (Lipinski definition) is 6. The average Bonchev–Trinajstić information content (AvgIpc) is 3.15. The van der Waals surface area contributed by atoms with Crippen LogP contribution in [0.5, 0.6) is 0 Å². The normalized spacial score (nSPS) is 11.0. The largest absolute Gasteiger partial charge is 0.325 e. The summed E-state index contributed by atoms with van der Waals surface area (Å²) in [5.41, 5.74) is 4.53. The van der Waals surface area contributed by atoms with Crippen molar-refractivity contribution in [3.05, 3.63) is 65.2 Å². The highest BCUT2D eigenvalue weighted by Crippen LogP contribution is 2.31. The predicted molar refractivity (Wildman–Crippen MR) is 121 cm³/mol. The van der Waals surface area contributed by atoms with E-state index in [1.54, 1.807) is 11.8 Å². The second kappa shape index (κ2) is 10.1. The summed E-state index contributed by atoms with van der Waals surface area (Å²) >= 11 is 4.63. The summed E-state index contributed by atoms with van der Waals surface area (Å²) in [6.07, 6.45) is 0. The Morgan fingerprint density at radius 1 is 1.04 bits per heavy atom. The predicted octanol–water partition coefficient (Wildman–Crippen LogP) is 5.99. The lowest BCUT2D eigenvalue weighted by molar-refractivity contribution is -0.113. The van der Waals surface area contributed by atoms with Crippen molar-refractivity contribution in [1.29, 1.82) is 0 Å². The van der Waals surface area contributed by atoms with Gasteiger partial charge in [0.1, 0.15) is 0 Å². The third-order valence-electron chi connectivity index (χ3n) is 4.14. The molecule has 0 aliphatic rings. The zero-order valence-electron chi connectivity index (χ0n) is 16.1. The van der Waals surface area contributed by atoms with Crippen molar-refractivity contribution < 1.29 is 4.79 Å². The van der Waals surface area contributed by atoms with Gasteiger partial charge in [-0.05, 0) is 35.6 Å². The van der Waals surface area contributed by atoms with Gasteiger partial charge in [0.25, 0.3) is 0 Å². The molecule has 0 fully saturated rings. The highest BCUT2D eigenvalue weighted by Gasteiger charge is 2.10. The summed E-state index contributed by atoms with van der Waals surface area (Å²) in [5, 5.41) is 11.4. The molecule has 0 bridgehead atoms. The number of benzene rings is 2. The summed E-state index contributed by atoms with van der Waals surface area (Å²) in [6, 6.07) is 16.5. The molecule has 1 aromatic heterocycles. The van der Waals surface area contributed by atoms with Crippen LogP contribution in [0.2, 0.25) is 0 Å². The van der Waals surface area contributed by atoms with Crippen LogP contribution in [-0.2, 0) is 10.5 Å². The van der Waals surface area contributed by atoms with Crippen molar-refractivity contribution in [3.8, 4) is 0 Å². The number of amides is 1. The monoisotopic (exact) mass is 429 g/mol. The minimum absolute atomic E-state index is 0.0334. The smallest absolute Gasteiger partial charge is 0.234 e. The Balaban J connectivity index is 1.46. The van der Waals surface area contributed by atoms with Crippen LogP contribution in [-0.4, -0.2) is 21.9 Å². The number of carbonyl (C=O) groups excluding carboxylic acids is 1. The van der Waals surface area contributed by atoms with Gasteiger partial charge in [-0.3, -0.25) is 4.79 Å². The van der Waals surface area contributed by atoms with Crippen molar-refractivity contribution in [1.82, 2.24) is 10.2 Å². The maximum absolute atomic E-state index is 12.2. The van der Waals surface area contributed by atoms with Crippen LogP contribution < -0.4 is 5.32 Å². The van der Waals surface area contributed by atoms with E-state index in [2.05, 4.69) is 53.6 Å². The third-order valence-corrected chi connectivity index (χ3v) is 7.40. The van der Waals surface area contributed by atoms with Crippen LogP contribution in [0, 0.1) is 6.92 Å². The number of carbonyl (C=O) groups is 1. The molecule has 1 N–H and O–H groups in total. The topological polar surface area (TPSA) is 54.9 Å². The molecule has 4 nitrogen and oxygen atoms in total. The molecule has 1 amide bonds. The Bertz CT molecular complexity index is 923. The maximum Gasteiger partial charge on any atom is 0.234 e. The van der Waals surface area contributed by atoms with E-state index in [0.717, 1.165) is 25.7 Å². The van der Waals surface area contributed by atoms with Crippen molar-refractivity contribution in [2.45, 2.75) is 41.1 Å². The van der Waals surface area contributed by atoms with Gasteiger partial charge in [-0.15, -0.1) is 10.2 Å². The second-order valence-corrected chi connectivity index (χ2v) is 10.1. The van der Waals surface area contributed by atoms with Crippen LogP contribution in [0.25, 0.3) is 0 Å². The molecule has 0 radical (unpaired) electrons. The van der Waals surface area contributed by atoms with Crippen LogP contribution in [0.4, 0.5) is 5.69 Å². The molecule has 0 atom stereocenters. The number of anilines is 1. The Labute approximate surface area is 178 Å². The summed E-state index contributed by atoms with van der Waals surface area (Å²) < 4.78 is 1.74. The summed E-state index contributed by atoms with van der Waals surface area (Å²) in [6.45, 7) is 6.38. The molecule has 2 aromatic carbocycles. The van der Waals surface area contributed by atoms with Gasteiger partial charge in [-0.25, -0.2) is 0 Å². The van der Waals surface area contributed by atoms with Gasteiger partial charge >= 0.3 is 0 Å². The van der Waals surface area contributed by atoms with Gasteiger partial charge in [-0.1, -0.05) is 91.2 Å². The molecular formula is C21H23N3OS3. The molecule has 146 valence electrons. The highest BCUT2D eigenvalue weighted by atomic mass is 32.2. The number of aryl methyl sites for hydroxylation is 1. The van der Waals surface area contributed by atoms with E-state index in [0.29, 0.717) is 11.7 Å². The molecule has 3 rings (SSSR count). The van der Waals surface area contributed by atoms with Crippen LogP contribution in [0.3, 0.4) is 0 Å². The molecular weight excluding hydrogens is 406 g/mol. The first-order chi connectivity index (χ1) is 13.5. The van der Waals surface area contributed by atoms with E-state index >= 15 is 0 Å². The van der Waals surface area contributed by atoms with E-state index in [4.69, 9.17) is 0 Å². The zero-order valence-corrected chi connectivity index (χ0v) is 18.6. The molecule has 0 saturated carbocycles. The molecule has 0 aliphatic carbocycles. The van der Waals surface area contributed by atoms with Gasteiger partial charge in [-0.2, -0.15) is 0 Å². The van der Waals surface area contributed by atoms with Gasteiger partial charge in [0.15, 0.2) is 8.68 Å². The van der Waals surface area contributed by atoms with Crippen molar-refractivity contribution >= 4 is 46.5 Å². The lowest BCUT2D eigenvalue weighted by Crippen LogP contribution is -2.14. The number of rotatable bonds is 8. The first-order valence-corrected chi connectivity index (χ1v) is 11.8. The van der Waals surface area contributed by atoms with Gasteiger partial charge < -0.3 is 5.32 Å².